The molecule has 0 fully saturated rings. The lowest BCUT2D eigenvalue weighted by atomic mass is 9.87. The van der Waals surface area contributed by atoms with Crippen LogP contribution >= 0.6 is 24.0 Å². The summed E-state index contributed by atoms with van der Waals surface area (Å²) < 4.78 is 0.778. The molecule has 1 rings (SSSR count). The van der Waals surface area contributed by atoms with Gasteiger partial charge in [0.15, 0.2) is 0 Å². The standard InChI is InChI=1S/C18H28N2OS2/c1-7-20(8-2)17(22)23-13(3)16(21)19-15-11-9-14(10-12-15)18(4,5)6/h9-13H,7-8H2,1-6H3,(H,19,21)/t13-/m0/s1. The summed E-state index contributed by atoms with van der Waals surface area (Å²) in [6, 6.07) is 8.04. The molecular weight excluding hydrogens is 324 g/mol. The Bertz CT molecular complexity index is 531. The minimum atomic E-state index is -0.217. The first-order valence-electron chi connectivity index (χ1n) is 8.06. The summed E-state index contributed by atoms with van der Waals surface area (Å²) >= 11 is 6.84. The fourth-order valence-corrected chi connectivity index (χ4v) is 3.63. The molecule has 0 aliphatic carbocycles. The summed E-state index contributed by atoms with van der Waals surface area (Å²) in [4.78, 5) is 14.4. The van der Waals surface area contributed by atoms with Gasteiger partial charge in [-0.05, 0) is 43.9 Å². The highest BCUT2D eigenvalue weighted by molar-refractivity contribution is 8.23. The van der Waals surface area contributed by atoms with Crippen molar-refractivity contribution in [1.29, 1.82) is 0 Å². The molecule has 0 spiro atoms. The highest BCUT2D eigenvalue weighted by atomic mass is 32.2. The monoisotopic (exact) mass is 352 g/mol. The second-order valence-corrected chi connectivity index (χ2v) is 8.49. The molecule has 1 aromatic carbocycles. The molecule has 0 aliphatic heterocycles. The predicted molar refractivity (Wildman–Crippen MR) is 106 cm³/mol. The SMILES string of the molecule is CCN(CC)C(=S)S[C@@H](C)C(=O)Nc1ccc(C(C)(C)C)cc1. The van der Waals surface area contributed by atoms with E-state index in [2.05, 4.69) is 57.0 Å². The number of benzene rings is 1. The van der Waals surface area contributed by atoms with Crippen LogP contribution in [0.2, 0.25) is 0 Å². The molecule has 0 aliphatic rings. The van der Waals surface area contributed by atoms with Crippen LogP contribution in [0.1, 0.15) is 47.1 Å². The van der Waals surface area contributed by atoms with Crippen molar-refractivity contribution in [2.75, 3.05) is 18.4 Å². The summed E-state index contributed by atoms with van der Waals surface area (Å²) in [6.45, 7) is 14.3. The van der Waals surface area contributed by atoms with Crippen LogP contribution in [0.3, 0.4) is 0 Å². The van der Waals surface area contributed by atoms with E-state index < -0.39 is 0 Å². The van der Waals surface area contributed by atoms with Gasteiger partial charge in [-0.25, -0.2) is 0 Å². The van der Waals surface area contributed by atoms with E-state index in [4.69, 9.17) is 12.2 Å². The van der Waals surface area contributed by atoms with Crippen LogP contribution in [0, 0.1) is 0 Å². The van der Waals surface area contributed by atoms with E-state index in [0.29, 0.717) is 0 Å². The van der Waals surface area contributed by atoms with Gasteiger partial charge in [0.2, 0.25) is 5.91 Å². The molecule has 1 aromatic rings. The number of carbonyl (C=O) groups is 1. The van der Waals surface area contributed by atoms with E-state index in [1.54, 1.807) is 0 Å². The lowest BCUT2D eigenvalue weighted by Crippen LogP contribution is -2.31. The number of hydrogen-bond acceptors (Lipinski definition) is 3. The molecule has 23 heavy (non-hydrogen) atoms. The van der Waals surface area contributed by atoms with Crippen molar-refractivity contribution >= 4 is 39.9 Å². The van der Waals surface area contributed by atoms with Crippen molar-refractivity contribution in [3.8, 4) is 0 Å². The Kier molecular flexibility index (Phi) is 7.55. The average molecular weight is 353 g/mol. The maximum Gasteiger partial charge on any atom is 0.237 e. The molecule has 0 aromatic heterocycles. The van der Waals surface area contributed by atoms with E-state index in [-0.39, 0.29) is 16.6 Å². The van der Waals surface area contributed by atoms with Crippen molar-refractivity contribution in [3.05, 3.63) is 29.8 Å². The minimum Gasteiger partial charge on any atom is -0.358 e. The van der Waals surface area contributed by atoms with Gasteiger partial charge in [0.1, 0.15) is 4.32 Å². The van der Waals surface area contributed by atoms with Crippen LogP contribution in [-0.4, -0.2) is 33.5 Å². The Morgan fingerprint density at radius 2 is 1.74 bits per heavy atom. The lowest BCUT2D eigenvalue weighted by Gasteiger charge is -2.23. The number of thioether (sulfide) groups is 1. The van der Waals surface area contributed by atoms with Crippen LogP contribution in [0.4, 0.5) is 5.69 Å². The molecule has 128 valence electrons. The van der Waals surface area contributed by atoms with Gasteiger partial charge in [0, 0.05) is 18.8 Å². The van der Waals surface area contributed by atoms with Crippen molar-refractivity contribution in [3.63, 3.8) is 0 Å². The fourth-order valence-electron chi connectivity index (χ4n) is 2.06. The minimum absolute atomic E-state index is 0.0204. The molecule has 0 bridgehead atoms. The molecule has 0 unspecified atom stereocenters. The molecule has 0 saturated carbocycles. The molecule has 1 amide bonds. The Labute approximate surface area is 150 Å². The molecule has 0 saturated heterocycles. The van der Waals surface area contributed by atoms with Gasteiger partial charge in [0.25, 0.3) is 0 Å². The number of nitrogens with zero attached hydrogens (tertiary/aromatic N) is 1. The van der Waals surface area contributed by atoms with Crippen molar-refractivity contribution in [2.45, 2.75) is 52.2 Å². The Hall–Kier alpha value is -1.07. The summed E-state index contributed by atoms with van der Waals surface area (Å²) in [7, 11) is 0. The quantitative estimate of drug-likeness (QED) is 0.781. The molecule has 0 heterocycles. The third-order valence-electron chi connectivity index (χ3n) is 3.69. The summed E-state index contributed by atoms with van der Waals surface area (Å²) in [5.74, 6) is -0.0204. The number of nitrogens with one attached hydrogen (secondary N) is 1. The van der Waals surface area contributed by atoms with Crippen molar-refractivity contribution in [1.82, 2.24) is 4.90 Å². The zero-order valence-electron chi connectivity index (χ0n) is 15.0. The van der Waals surface area contributed by atoms with Gasteiger partial charge < -0.3 is 10.2 Å². The molecular formula is C18H28N2OS2. The molecule has 1 atom stereocenters. The van der Waals surface area contributed by atoms with Crippen LogP contribution in [0.25, 0.3) is 0 Å². The molecule has 5 heteroatoms. The van der Waals surface area contributed by atoms with Gasteiger partial charge in [-0.2, -0.15) is 0 Å². The number of anilines is 1. The van der Waals surface area contributed by atoms with Crippen LogP contribution in [-0.2, 0) is 10.2 Å². The predicted octanol–water partition coefficient (Wildman–Crippen LogP) is 4.67. The highest BCUT2D eigenvalue weighted by Gasteiger charge is 2.19. The largest absolute Gasteiger partial charge is 0.358 e. The average Bonchev–Trinajstić information content (AvgIpc) is 2.48. The zero-order chi connectivity index (χ0) is 17.6. The number of carbonyl (C=O) groups excluding carboxylic acids is 1. The molecule has 0 radical (unpaired) electrons. The molecule has 3 nitrogen and oxygen atoms in total. The van der Waals surface area contributed by atoms with Crippen LogP contribution in [0.15, 0.2) is 24.3 Å². The third-order valence-corrected chi connectivity index (χ3v) is 5.26. The van der Waals surface area contributed by atoms with Crippen molar-refractivity contribution in [2.24, 2.45) is 0 Å². The van der Waals surface area contributed by atoms with E-state index >= 15 is 0 Å². The van der Waals surface area contributed by atoms with Gasteiger partial charge in [-0.1, -0.05) is 56.9 Å². The van der Waals surface area contributed by atoms with Gasteiger partial charge >= 0.3 is 0 Å². The number of rotatable bonds is 5. The maximum atomic E-state index is 12.3. The number of thiocarbonyl (C=S) groups is 1. The summed E-state index contributed by atoms with van der Waals surface area (Å²) in [5.41, 5.74) is 2.19. The van der Waals surface area contributed by atoms with Gasteiger partial charge in [0.05, 0.1) is 5.25 Å². The first-order chi connectivity index (χ1) is 10.7. The first-order valence-corrected chi connectivity index (χ1v) is 9.34. The van der Waals surface area contributed by atoms with Crippen molar-refractivity contribution < 1.29 is 4.79 Å². The van der Waals surface area contributed by atoms with Crippen LogP contribution in [0.5, 0.6) is 0 Å². The molecule has 1 N–H and O–H groups in total. The smallest absolute Gasteiger partial charge is 0.237 e. The second-order valence-electron chi connectivity index (χ2n) is 6.51. The van der Waals surface area contributed by atoms with Gasteiger partial charge in [-0.3, -0.25) is 4.79 Å². The summed E-state index contributed by atoms with van der Waals surface area (Å²) in [5, 5.41) is 2.75. The number of hydrogen-bond donors (Lipinski definition) is 1. The second kappa shape index (κ2) is 8.69. The highest BCUT2D eigenvalue weighted by Crippen LogP contribution is 2.24. The maximum absolute atomic E-state index is 12.3. The van der Waals surface area contributed by atoms with E-state index in [1.165, 1.54) is 17.3 Å². The van der Waals surface area contributed by atoms with Crippen LogP contribution < -0.4 is 5.32 Å². The van der Waals surface area contributed by atoms with E-state index in [0.717, 1.165) is 23.1 Å². The third kappa shape index (κ3) is 6.15. The lowest BCUT2D eigenvalue weighted by molar-refractivity contribution is -0.115. The Balaban J connectivity index is 2.63. The zero-order valence-corrected chi connectivity index (χ0v) is 16.6. The van der Waals surface area contributed by atoms with E-state index in [1.807, 2.05) is 19.1 Å². The number of amides is 1. The first kappa shape index (κ1) is 20.0. The summed E-state index contributed by atoms with van der Waals surface area (Å²) in [6.07, 6.45) is 0. The van der Waals surface area contributed by atoms with E-state index in [9.17, 15) is 4.79 Å². The normalized spacial score (nSPS) is 12.6. The topological polar surface area (TPSA) is 32.3 Å². The Morgan fingerprint density at radius 3 is 2.17 bits per heavy atom. The van der Waals surface area contributed by atoms with Gasteiger partial charge in [-0.15, -0.1) is 0 Å². The Morgan fingerprint density at radius 1 is 1.22 bits per heavy atom. The fraction of sp³-hybridized carbons (Fsp3) is 0.556.